The molecule has 0 aromatic rings. The van der Waals surface area contributed by atoms with Crippen molar-refractivity contribution >= 4 is 18.5 Å². The van der Waals surface area contributed by atoms with Crippen LogP contribution in [0.25, 0.3) is 0 Å². The first-order valence-corrected chi connectivity index (χ1v) is 6.12. The third-order valence-corrected chi connectivity index (χ3v) is 2.49. The monoisotopic (exact) mass is 279 g/mol. The molecule has 0 fully saturated rings. The van der Waals surface area contributed by atoms with E-state index in [2.05, 4.69) is 16.6 Å². The summed E-state index contributed by atoms with van der Waals surface area (Å²) in [6.45, 7) is 5.63. The fourth-order valence-electron chi connectivity index (χ4n) is 1.62. The van der Waals surface area contributed by atoms with Crippen LogP contribution in [0.15, 0.2) is 36.0 Å². The average molecular weight is 279 g/mol. The molecule has 108 valence electrons. The number of alkyl carbamates (subject to hydrolysis) is 1. The van der Waals surface area contributed by atoms with E-state index >= 15 is 0 Å². The maximum atomic E-state index is 11.6. The number of rotatable bonds is 6. The summed E-state index contributed by atoms with van der Waals surface area (Å²) in [5.74, 6) is -0.450. The van der Waals surface area contributed by atoms with Gasteiger partial charge in [0, 0.05) is 6.04 Å². The van der Waals surface area contributed by atoms with Gasteiger partial charge in [0.25, 0.3) is 0 Å². The second-order valence-corrected chi connectivity index (χ2v) is 4.40. The minimum absolute atomic E-state index is 0.00804. The molecule has 1 aliphatic carbocycles. The summed E-state index contributed by atoms with van der Waals surface area (Å²) < 4.78 is 9.13. The second-order valence-electron chi connectivity index (χ2n) is 4.40. The number of carbonyl (C=O) groups excluding carboxylic acids is 3. The van der Waals surface area contributed by atoms with E-state index in [0.29, 0.717) is 0 Å². The fourth-order valence-corrected chi connectivity index (χ4v) is 1.62. The highest BCUT2D eigenvalue weighted by atomic mass is 16.6. The Bertz CT molecular complexity index is 464. The van der Waals surface area contributed by atoms with Gasteiger partial charge in [0.05, 0.1) is 6.42 Å². The Morgan fingerprint density at radius 1 is 1.55 bits per heavy atom. The van der Waals surface area contributed by atoms with E-state index in [9.17, 15) is 14.4 Å². The van der Waals surface area contributed by atoms with Crippen LogP contribution in [0.3, 0.4) is 0 Å². The molecule has 0 aliphatic heterocycles. The first-order valence-electron chi connectivity index (χ1n) is 6.12. The molecule has 0 saturated carbocycles. The quantitative estimate of drug-likeness (QED) is 0.454. The molecule has 6 heteroatoms. The fraction of sp³-hybridized carbons (Fsp3) is 0.357. The normalized spacial score (nSPS) is 15.1. The zero-order valence-corrected chi connectivity index (χ0v) is 11.3. The van der Waals surface area contributed by atoms with Crippen LogP contribution in [-0.4, -0.2) is 31.2 Å². The van der Waals surface area contributed by atoms with Gasteiger partial charge in [0.15, 0.2) is 0 Å². The van der Waals surface area contributed by atoms with E-state index < -0.39 is 18.1 Å². The van der Waals surface area contributed by atoms with E-state index in [1.807, 2.05) is 18.2 Å². The van der Waals surface area contributed by atoms with Crippen LogP contribution in [0.5, 0.6) is 0 Å². The topological polar surface area (TPSA) is 81.7 Å². The molecule has 0 bridgehead atoms. The molecule has 1 amide bonds. The van der Waals surface area contributed by atoms with Gasteiger partial charge < -0.3 is 14.8 Å². The number of carbonyl (C=O) groups is 3. The third kappa shape index (κ3) is 5.99. The van der Waals surface area contributed by atoms with Crippen molar-refractivity contribution in [3.05, 3.63) is 36.0 Å². The molecule has 0 heterocycles. The molecule has 1 aliphatic rings. The first-order chi connectivity index (χ1) is 9.51. The van der Waals surface area contributed by atoms with Crippen molar-refractivity contribution in [1.29, 1.82) is 0 Å². The van der Waals surface area contributed by atoms with Crippen LogP contribution in [0.2, 0.25) is 0 Å². The Hall–Kier alpha value is -2.37. The minimum atomic E-state index is -0.894. The number of hydrogen-bond donors (Lipinski definition) is 1. The standard InChI is InChI=1S/C14H17NO5/c1-10-4-3-5-12(6-10)8-19-13(17)7-11(2)15-14(18)20-9-16/h3,5-6,9,11H,1,4,7-8H2,2H3,(H,15,18). The Morgan fingerprint density at radius 2 is 2.30 bits per heavy atom. The molecule has 1 unspecified atom stereocenters. The Balaban J connectivity index is 2.29. The maximum Gasteiger partial charge on any atom is 0.414 e. The SMILES string of the molecule is C=C1C=C(COC(=O)CC(C)NC(=O)OC=O)C=CC1. The zero-order chi connectivity index (χ0) is 15.0. The smallest absolute Gasteiger partial charge is 0.414 e. The van der Waals surface area contributed by atoms with E-state index in [4.69, 9.17) is 4.74 Å². The minimum Gasteiger partial charge on any atom is -0.461 e. The van der Waals surface area contributed by atoms with Crippen molar-refractivity contribution in [2.24, 2.45) is 0 Å². The van der Waals surface area contributed by atoms with Crippen LogP contribution < -0.4 is 5.32 Å². The van der Waals surface area contributed by atoms with Gasteiger partial charge in [-0.25, -0.2) is 4.79 Å². The zero-order valence-electron chi connectivity index (χ0n) is 11.3. The van der Waals surface area contributed by atoms with Crippen LogP contribution in [0.1, 0.15) is 19.8 Å². The Morgan fingerprint density at radius 3 is 2.95 bits per heavy atom. The summed E-state index contributed by atoms with van der Waals surface area (Å²) in [6.07, 6.45) is 5.60. The predicted octanol–water partition coefficient (Wildman–Crippen LogP) is 1.63. The molecular formula is C14H17NO5. The van der Waals surface area contributed by atoms with Gasteiger partial charge >= 0.3 is 18.5 Å². The Labute approximate surface area is 117 Å². The van der Waals surface area contributed by atoms with Crippen molar-refractivity contribution in [3.63, 3.8) is 0 Å². The number of esters is 1. The lowest BCUT2D eigenvalue weighted by atomic mass is 10.0. The summed E-state index contributed by atoms with van der Waals surface area (Å²) in [4.78, 5) is 32.4. The van der Waals surface area contributed by atoms with Crippen LogP contribution >= 0.6 is 0 Å². The van der Waals surface area contributed by atoms with Crippen molar-refractivity contribution in [2.45, 2.75) is 25.8 Å². The van der Waals surface area contributed by atoms with Crippen molar-refractivity contribution in [3.8, 4) is 0 Å². The van der Waals surface area contributed by atoms with Gasteiger partial charge in [-0.2, -0.15) is 0 Å². The van der Waals surface area contributed by atoms with Gasteiger partial charge in [0.1, 0.15) is 6.61 Å². The average Bonchev–Trinajstić information content (AvgIpc) is 2.36. The number of ether oxygens (including phenoxy) is 2. The lowest BCUT2D eigenvalue weighted by molar-refractivity contribution is -0.143. The highest BCUT2D eigenvalue weighted by Gasteiger charge is 2.14. The second kappa shape index (κ2) is 7.93. The molecule has 20 heavy (non-hydrogen) atoms. The van der Waals surface area contributed by atoms with E-state index in [0.717, 1.165) is 17.6 Å². The highest BCUT2D eigenvalue weighted by Crippen LogP contribution is 2.14. The largest absolute Gasteiger partial charge is 0.461 e. The molecular weight excluding hydrogens is 262 g/mol. The summed E-state index contributed by atoms with van der Waals surface area (Å²) in [5, 5.41) is 2.32. The molecule has 0 aromatic carbocycles. The van der Waals surface area contributed by atoms with E-state index in [1.165, 1.54) is 0 Å². The van der Waals surface area contributed by atoms with Gasteiger partial charge in [0.2, 0.25) is 0 Å². The van der Waals surface area contributed by atoms with Gasteiger partial charge in [-0.15, -0.1) is 0 Å². The third-order valence-electron chi connectivity index (χ3n) is 2.49. The van der Waals surface area contributed by atoms with Crippen LogP contribution in [-0.2, 0) is 19.1 Å². The van der Waals surface area contributed by atoms with Gasteiger partial charge in [-0.1, -0.05) is 30.4 Å². The molecule has 0 saturated heterocycles. The maximum absolute atomic E-state index is 11.6. The van der Waals surface area contributed by atoms with Crippen molar-refractivity contribution < 1.29 is 23.9 Å². The predicted molar refractivity (Wildman–Crippen MR) is 71.7 cm³/mol. The Kier molecular flexibility index (Phi) is 6.22. The van der Waals surface area contributed by atoms with Crippen molar-refractivity contribution in [1.82, 2.24) is 5.32 Å². The molecule has 0 aromatic heterocycles. The highest BCUT2D eigenvalue weighted by molar-refractivity contribution is 5.76. The number of amides is 1. The molecule has 1 N–H and O–H groups in total. The van der Waals surface area contributed by atoms with Gasteiger partial charge in [-0.3, -0.25) is 9.59 Å². The van der Waals surface area contributed by atoms with Crippen LogP contribution in [0, 0.1) is 0 Å². The van der Waals surface area contributed by atoms with Gasteiger partial charge in [-0.05, 0) is 18.9 Å². The number of hydrogen-bond acceptors (Lipinski definition) is 5. The summed E-state index contributed by atoms with van der Waals surface area (Å²) in [7, 11) is 0. The summed E-state index contributed by atoms with van der Waals surface area (Å²) in [6, 6.07) is -0.485. The van der Waals surface area contributed by atoms with Crippen LogP contribution in [0.4, 0.5) is 4.79 Å². The molecule has 6 nitrogen and oxygen atoms in total. The van der Waals surface area contributed by atoms with E-state index in [-0.39, 0.29) is 19.5 Å². The van der Waals surface area contributed by atoms with E-state index in [1.54, 1.807) is 6.92 Å². The summed E-state index contributed by atoms with van der Waals surface area (Å²) >= 11 is 0. The first kappa shape index (κ1) is 15.7. The lowest BCUT2D eigenvalue weighted by Gasteiger charge is -2.13. The molecule has 1 atom stereocenters. The lowest BCUT2D eigenvalue weighted by Crippen LogP contribution is -2.34. The molecule has 0 spiro atoms. The number of allylic oxidation sites excluding steroid dienone is 3. The van der Waals surface area contributed by atoms with Crippen molar-refractivity contribution in [2.75, 3.05) is 6.61 Å². The summed E-state index contributed by atoms with van der Waals surface area (Å²) in [5.41, 5.74) is 1.83. The molecule has 1 rings (SSSR count). The number of nitrogens with one attached hydrogen (secondary N) is 1. The molecule has 0 radical (unpaired) electrons.